The van der Waals surface area contributed by atoms with E-state index in [-0.39, 0.29) is 28.4 Å². The van der Waals surface area contributed by atoms with Crippen LogP contribution < -0.4 is 4.74 Å². The van der Waals surface area contributed by atoms with Crippen molar-refractivity contribution in [3.8, 4) is 11.5 Å². The second-order valence-corrected chi connectivity index (χ2v) is 13.8. The molecule has 3 rings (SSSR count). The number of benzene rings is 1. The van der Waals surface area contributed by atoms with E-state index in [1.54, 1.807) is 0 Å². The summed E-state index contributed by atoms with van der Waals surface area (Å²) in [5, 5.41) is 23.3. The first kappa shape index (κ1) is 25.6. The Kier molecular flexibility index (Phi) is 5.59. The maximum absolute atomic E-state index is 13.7. The van der Waals surface area contributed by atoms with Crippen molar-refractivity contribution in [2.45, 2.75) is 106 Å². The first-order valence-electron chi connectivity index (χ1n) is 11.9. The highest BCUT2D eigenvalue weighted by atomic mass is 16.6. The Bertz CT molecular complexity index is 1070. The van der Waals surface area contributed by atoms with Gasteiger partial charge in [-0.05, 0) is 33.3 Å². The van der Waals surface area contributed by atoms with E-state index in [0.29, 0.717) is 22.5 Å². The van der Waals surface area contributed by atoms with Gasteiger partial charge < -0.3 is 14.9 Å². The Hall–Kier alpha value is -2.07. The van der Waals surface area contributed by atoms with Gasteiger partial charge in [0.15, 0.2) is 0 Å². The van der Waals surface area contributed by atoms with Crippen molar-refractivity contribution in [2.24, 2.45) is 10.8 Å². The molecule has 4 nitrogen and oxygen atoms in total. The Balaban J connectivity index is 2.44. The van der Waals surface area contributed by atoms with Gasteiger partial charge in [-0.2, -0.15) is 0 Å². The minimum atomic E-state index is -2.08. The third-order valence-corrected chi connectivity index (χ3v) is 6.76. The lowest BCUT2D eigenvalue weighted by Gasteiger charge is -2.45. The summed E-state index contributed by atoms with van der Waals surface area (Å²) < 4.78 is 6.34. The number of rotatable bonds is 0. The summed E-state index contributed by atoms with van der Waals surface area (Å²) in [6.07, 6.45) is 2.20. The van der Waals surface area contributed by atoms with Crippen molar-refractivity contribution in [1.82, 2.24) is 0 Å². The van der Waals surface area contributed by atoms with Crippen molar-refractivity contribution >= 4 is 5.78 Å². The summed E-state index contributed by atoms with van der Waals surface area (Å²) in [6, 6.07) is 1.98. The minimum absolute atomic E-state index is 0.186. The maximum atomic E-state index is 13.7. The quantitative estimate of drug-likeness (QED) is 0.469. The number of hydrogen-bond acceptors (Lipinski definition) is 4. The fourth-order valence-electron chi connectivity index (χ4n) is 4.79. The van der Waals surface area contributed by atoms with Gasteiger partial charge in [-0.15, -0.1) is 0 Å². The lowest BCUT2D eigenvalue weighted by atomic mass is 9.67. The SMILES string of the molecule is CC(C)(C)C1=CC(C(C)(C)C)=C2Cc3c(O)c(C(C)(C)C)cc(C(C)(C)C)c3OC2(O)C1=O. The molecule has 1 aliphatic carbocycles. The number of fused-ring (bicyclic) bond motifs is 2. The van der Waals surface area contributed by atoms with Crippen LogP contribution in [0.3, 0.4) is 0 Å². The van der Waals surface area contributed by atoms with Crippen LogP contribution >= 0.6 is 0 Å². The zero-order chi connectivity index (χ0) is 25.5. The summed E-state index contributed by atoms with van der Waals surface area (Å²) in [4.78, 5) is 13.7. The fourth-order valence-corrected chi connectivity index (χ4v) is 4.79. The van der Waals surface area contributed by atoms with E-state index in [9.17, 15) is 15.0 Å². The van der Waals surface area contributed by atoms with Gasteiger partial charge in [0.2, 0.25) is 5.78 Å². The summed E-state index contributed by atoms with van der Waals surface area (Å²) >= 11 is 0. The molecule has 2 aliphatic rings. The molecule has 0 fully saturated rings. The number of Topliss-reactive ketones (excluding diaryl/α,β-unsaturated/α-hetero) is 1. The molecule has 1 aromatic carbocycles. The van der Waals surface area contributed by atoms with Crippen molar-refractivity contribution < 1.29 is 19.7 Å². The highest BCUT2D eigenvalue weighted by Crippen LogP contribution is 2.54. The van der Waals surface area contributed by atoms with Crippen molar-refractivity contribution in [3.63, 3.8) is 0 Å². The van der Waals surface area contributed by atoms with Crippen molar-refractivity contribution in [1.29, 1.82) is 0 Å². The minimum Gasteiger partial charge on any atom is -0.507 e. The predicted octanol–water partition coefficient (Wildman–Crippen LogP) is 6.51. The highest BCUT2D eigenvalue weighted by Gasteiger charge is 2.54. The van der Waals surface area contributed by atoms with Crippen LogP contribution in [0.5, 0.6) is 11.5 Å². The summed E-state index contributed by atoms with van der Waals surface area (Å²) in [5.41, 5.74) is 2.95. The average Bonchev–Trinajstić information content (AvgIpc) is 2.57. The van der Waals surface area contributed by atoms with Crippen LogP contribution in [0.15, 0.2) is 28.9 Å². The van der Waals surface area contributed by atoms with E-state index < -0.39 is 17.0 Å². The second-order valence-electron chi connectivity index (χ2n) is 13.8. The number of aromatic hydroxyl groups is 1. The molecular weight excluding hydrogens is 412 g/mol. The van der Waals surface area contributed by atoms with E-state index in [2.05, 4.69) is 62.3 Å². The molecule has 4 heteroatoms. The molecule has 0 bridgehead atoms. The van der Waals surface area contributed by atoms with E-state index in [0.717, 1.165) is 16.7 Å². The summed E-state index contributed by atoms with van der Waals surface area (Å²) in [5.74, 6) is -1.88. The number of phenols is 1. The van der Waals surface area contributed by atoms with E-state index >= 15 is 0 Å². The first-order chi connectivity index (χ1) is 14.6. The molecule has 33 heavy (non-hydrogen) atoms. The number of ether oxygens (including phenoxy) is 1. The molecule has 0 saturated carbocycles. The standard InChI is InChI=1S/C29H42O4/c1-25(2,3)17-14-21(28(10,11)12)24(31)29(32)18(17)13-16-22(30)19(26(4,5)6)15-20(23(16)33-29)27(7,8)9/h14-15,30,32H,13H2,1-12H3. The number of hydrogen-bond donors (Lipinski definition) is 2. The molecule has 0 saturated heterocycles. The zero-order valence-electron chi connectivity index (χ0n) is 22.6. The lowest BCUT2D eigenvalue weighted by Crippen LogP contribution is -2.54. The van der Waals surface area contributed by atoms with Crippen LogP contribution in [0.1, 0.15) is 99.8 Å². The van der Waals surface area contributed by atoms with Gasteiger partial charge in [0.05, 0.1) is 0 Å². The summed E-state index contributed by atoms with van der Waals surface area (Å²) in [7, 11) is 0. The molecule has 0 radical (unpaired) electrons. The fraction of sp³-hybridized carbons (Fsp3) is 0.621. The van der Waals surface area contributed by atoms with E-state index in [1.165, 1.54) is 0 Å². The monoisotopic (exact) mass is 454 g/mol. The molecule has 1 aromatic rings. The van der Waals surface area contributed by atoms with Crippen molar-refractivity contribution in [3.05, 3.63) is 45.6 Å². The Morgan fingerprint density at radius 1 is 0.818 bits per heavy atom. The van der Waals surface area contributed by atoms with Crippen LogP contribution in [-0.4, -0.2) is 21.8 Å². The zero-order valence-corrected chi connectivity index (χ0v) is 22.6. The molecular formula is C29H42O4. The van der Waals surface area contributed by atoms with Gasteiger partial charge in [-0.25, -0.2) is 0 Å². The molecule has 0 spiro atoms. The smallest absolute Gasteiger partial charge is 0.296 e. The molecule has 2 N–H and O–H groups in total. The van der Waals surface area contributed by atoms with Crippen LogP contribution in [0.25, 0.3) is 0 Å². The Labute approximate surface area is 199 Å². The molecule has 1 atom stereocenters. The second kappa shape index (κ2) is 7.21. The van der Waals surface area contributed by atoms with Crippen molar-refractivity contribution in [2.75, 3.05) is 0 Å². The topological polar surface area (TPSA) is 66.8 Å². The lowest BCUT2D eigenvalue weighted by molar-refractivity contribution is -0.161. The number of allylic oxidation sites excluding steroid dienone is 2. The van der Waals surface area contributed by atoms with Gasteiger partial charge in [-0.1, -0.05) is 89.2 Å². The maximum Gasteiger partial charge on any atom is 0.296 e. The third kappa shape index (κ3) is 4.16. The first-order valence-corrected chi connectivity index (χ1v) is 11.9. The number of carbonyl (C=O) groups excluding carboxylic acids is 1. The number of phenolic OH excluding ortho intramolecular Hbond substituents is 1. The van der Waals surface area contributed by atoms with Gasteiger partial charge in [0.1, 0.15) is 11.5 Å². The van der Waals surface area contributed by atoms with Crippen LogP contribution in [0, 0.1) is 10.8 Å². The average molecular weight is 455 g/mol. The number of aliphatic hydroxyl groups is 1. The van der Waals surface area contributed by atoms with Gasteiger partial charge in [0, 0.05) is 34.3 Å². The van der Waals surface area contributed by atoms with Crippen LogP contribution in [-0.2, 0) is 22.0 Å². The molecule has 0 amide bonds. The van der Waals surface area contributed by atoms with E-state index in [4.69, 9.17) is 4.74 Å². The van der Waals surface area contributed by atoms with Crippen LogP contribution in [0.4, 0.5) is 0 Å². The van der Waals surface area contributed by atoms with Crippen LogP contribution in [0.2, 0.25) is 0 Å². The molecule has 182 valence electrons. The van der Waals surface area contributed by atoms with Gasteiger partial charge in [0.25, 0.3) is 5.79 Å². The molecule has 1 unspecified atom stereocenters. The highest BCUT2D eigenvalue weighted by molar-refractivity contribution is 6.06. The van der Waals surface area contributed by atoms with Gasteiger partial charge in [-0.3, -0.25) is 4.79 Å². The predicted molar refractivity (Wildman–Crippen MR) is 134 cm³/mol. The Morgan fingerprint density at radius 2 is 1.33 bits per heavy atom. The molecule has 1 heterocycles. The number of ketones is 1. The summed E-state index contributed by atoms with van der Waals surface area (Å²) in [6.45, 7) is 24.6. The molecule has 0 aromatic heterocycles. The largest absolute Gasteiger partial charge is 0.507 e. The third-order valence-electron chi connectivity index (χ3n) is 6.76. The van der Waals surface area contributed by atoms with Gasteiger partial charge >= 0.3 is 0 Å². The normalized spacial score (nSPS) is 22.0. The molecule has 1 aliphatic heterocycles. The van der Waals surface area contributed by atoms with E-state index in [1.807, 2.05) is 32.9 Å². The number of carbonyl (C=O) groups is 1. The Morgan fingerprint density at radius 3 is 1.76 bits per heavy atom.